The fourth-order valence-electron chi connectivity index (χ4n) is 0.976. The molecule has 1 unspecified atom stereocenters. The second-order valence-electron chi connectivity index (χ2n) is 2.74. The highest BCUT2D eigenvalue weighted by Gasteiger charge is 2.03. The Kier molecular flexibility index (Phi) is 3.01. The van der Waals surface area contributed by atoms with Gasteiger partial charge in [-0.05, 0) is 19.1 Å². The smallest absolute Gasteiger partial charge is 0.235 e. The Morgan fingerprint density at radius 3 is 2.77 bits per heavy atom. The number of carbonyl (C=O) groups excluding carboxylic acids is 1. The summed E-state index contributed by atoms with van der Waals surface area (Å²) in [5, 5.41) is 0. The zero-order valence-corrected chi connectivity index (χ0v) is 7.58. The lowest BCUT2D eigenvalue weighted by atomic mass is 10.1. The first-order valence-electron chi connectivity index (χ1n) is 4.01. The normalized spacial score (nSPS) is 12.2. The molecule has 0 fully saturated rings. The van der Waals surface area contributed by atoms with Crippen LogP contribution in [0.1, 0.15) is 24.2 Å². The number of halogens is 1. The van der Waals surface area contributed by atoms with Gasteiger partial charge in [-0.1, -0.05) is 12.1 Å². The van der Waals surface area contributed by atoms with Gasteiger partial charge in [0.15, 0.2) is 5.78 Å². The maximum Gasteiger partial charge on any atom is 0.235 e. The van der Waals surface area contributed by atoms with E-state index in [1.807, 2.05) is 0 Å². The molecule has 0 bridgehead atoms. The number of benzene rings is 1. The molecule has 70 valence electrons. The van der Waals surface area contributed by atoms with Crippen LogP contribution in [0.5, 0.6) is 5.75 Å². The van der Waals surface area contributed by atoms with Crippen molar-refractivity contribution in [1.82, 2.24) is 0 Å². The topological polar surface area (TPSA) is 26.3 Å². The molecule has 0 radical (unpaired) electrons. The van der Waals surface area contributed by atoms with Crippen LogP contribution in [0.4, 0.5) is 4.39 Å². The molecule has 1 aromatic rings. The molecule has 3 heteroatoms. The van der Waals surface area contributed by atoms with Gasteiger partial charge in [-0.2, -0.15) is 0 Å². The van der Waals surface area contributed by atoms with Gasteiger partial charge in [0.05, 0.1) is 0 Å². The number of hydrogen-bond acceptors (Lipinski definition) is 2. The first-order valence-corrected chi connectivity index (χ1v) is 4.01. The molecule has 1 atom stereocenters. The van der Waals surface area contributed by atoms with Gasteiger partial charge in [0.25, 0.3) is 0 Å². The number of carbonyl (C=O) groups is 1. The van der Waals surface area contributed by atoms with E-state index in [4.69, 9.17) is 4.74 Å². The molecule has 0 spiro atoms. The van der Waals surface area contributed by atoms with Crippen LogP contribution < -0.4 is 4.74 Å². The molecule has 0 aliphatic rings. The molecule has 0 amide bonds. The van der Waals surface area contributed by atoms with E-state index in [2.05, 4.69) is 0 Å². The van der Waals surface area contributed by atoms with E-state index in [0.29, 0.717) is 11.3 Å². The van der Waals surface area contributed by atoms with Crippen molar-refractivity contribution in [3.8, 4) is 5.75 Å². The first kappa shape index (κ1) is 9.71. The Labute approximate surface area is 76.3 Å². The van der Waals surface area contributed by atoms with E-state index >= 15 is 0 Å². The van der Waals surface area contributed by atoms with Crippen LogP contribution in [-0.4, -0.2) is 12.1 Å². The van der Waals surface area contributed by atoms with Gasteiger partial charge in [-0.15, -0.1) is 0 Å². The quantitative estimate of drug-likeness (QED) is 0.671. The predicted octanol–water partition coefficient (Wildman–Crippen LogP) is 2.58. The Morgan fingerprint density at radius 1 is 1.54 bits per heavy atom. The minimum atomic E-state index is -1.36. The van der Waals surface area contributed by atoms with Crippen LogP contribution >= 0.6 is 0 Å². The van der Waals surface area contributed by atoms with Crippen molar-refractivity contribution >= 4 is 5.78 Å². The predicted molar refractivity (Wildman–Crippen MR) is 47.6 cm³/mol. The van der Waals surface area contributed by atoms with Crippen LogP contribution in [0.15, 0.2) is 24.3 Å². The fourth-order valence-corrected chi connectivity index (χ4v) is 0.976. The number of hydrogen-bond donors (Lipinski definition) is 0. The SMILES string of the molecule is CC(=O)c1cccc(OC(C)F)c1. The molecule has 0 N–H and O–H groups in total. The molecular weight excluding hydrogens is 171 g/mol. The third-order valence-electron chi connectivity index (χ3n) is 1.54. The van der Waals surface area contributed by atoms with Crippen molar-refractivity contribution in [1.29, 1.82) is 0 Å². The second-order valence-corrected chi connectivity index (χ2v) is 2.74. The van der Waals surface area contributed by atoms with Crippen LogP contribution in [-0.2, 0) is 0 Å². The van der Waals surface area contributed by atoms with E-state index in [0.717, 1.165) is 0 Å². The summed E-state index contributed by atoms with van der Waals surface area (Å²) in [6, 6.07) is 6.47. The summed E-state index contributed by atoms with van der Waals surface area (Å²) < 4.78 is 17.2. The van der Waals surface area contributed by atoms with Crippen molar-refractivity contribution in [3.05, 3.63) is 29.8 Å². The Hall–Kier alpha value is -1.38. The summed E-state index contributed by atoms with van der Waals surface area (Å²) in [4.78, 5) is 10.9. The van der Waals surface area contributed by atoms with Crippen molar-refractivity contribution in [3.63, 3.8) is 0 Å². The summed E-state index contributed by atoms with van der Waals surface area (Å²) in [6.45, 7) is 2.75. The zero-order valence-electron chi connectivity index (χ0n) is 7.58. The maximum absolute atomic E-state index is 12.4. The summed E-state index contributed by atoms with van der Waals surface area (Å²) >= 11 is 0. The molecule has 0 heterocycles. The van der Waals surface area contributed by atoms with Gasteiger partial charge in [0.1, 0.15) is 5.75 Å². The number of ketones is 1. The summed E-state index contributed by atoms with van der Waals surface area (Å²) in [5.74, 6) is 0.319. The molecule has 1 aromatic carbocycles. The van der Waals surface area contributed by atoms with Crippen molar-refractivity contribution in [2.75, 3.05) is 0 Å². The third kappa shape index (κ3) is 2.86. The summed E-state index contributed by atoms with van der Waals surface area (Å²) in [6.07, 6.45) is -1.36. The zero-order chi connectivity index (χ0) is 9.84. The van der Waals surface area contributed by atoms with Gasteiger partial charge in [-0.25, -0.2) is 4.39 Å². The minimum absolute atomic E-state index is 0.0584. The van der Waals surface area contributed by atoms with Gasteiger partial charge >= 0.3 is 0 Å². The van der Waals surface area contributed by atoms with Crippen LogP contribution in [0.2, 0.25) is 0 Å². The van der Waals surface area contributed by atoms with E-state index in [1.165, 1.54) is 19.9 Å². The first-order chi connectivity index (χ1) is 6.09. The van der Waals surface area contributed by atoms with Crippen molar-refractivity contribution in [2.45, 2.75) is 20.2 Å². The standard InChI is InChI=1S/C10H11FO2/c1-7(12)9-4-3-5-10(6-9)13-8(2)11/h3-6,8H,1-2H3. The summed E-state index contributed by atoms with van der Waals surface area (Å²) in [7, 11) is 0. The molecular formula is C10H11FO2. The lowest BCUT2D eigenvalue weighted by molar-refractivity contribution is 0.0855. The van der Waals surface area contributed by atoms with Crippen LogP contribution in [0, 0.1) is 0 Å². The third-order valence-corrected chi connectivity index (χ3v) is 1.54. The lowest BCUT2D eigenvalue weighted by Crippen LogP contribution is -2.04. The highest BCUT2D eigenvalue weighted by atomic mass is 19.1. The van der Waals surface area contributed by atoms with E-state index in [-0.39, 0.29) is 5.78 Å². The van der Waals surface area contributed by atoms with Gasteiger partial charge < -0.3 is 4.74 Å². The number of Topliss-reactive ketones (excluding diaryl/α,β-unsaturated/α-hetero) is 1. The summed E-state index contributed by atoms with van der Waals surface area (Å²) in [5.41, 5.74) is 0.526. The Bertz CT molecular complexity index is 308. The van der Waals surface area contributed by atoms with E-state index in [9.17, 15) is 9.18 Å². The van der Waals surface area contributed by atoms with Crippen LogP contribution in [0.3, 0.4) is 0 Å². The molecule has 0 aromatic heterocycles. The molecule has 13 heavy (non-hydrogen) atoms. The lowest BCUT2D eigenvalue weighted by Gasteiger charge is -2.06. The maximum atomic E-state index is 12.4. The van der Waals surface area contributed by atoms with Crippen molar-refractivity contribution in [2.24, 2.45) is 0 Å². The van der Waals surface area contributed by atoms with Gasteiger partial charge in [0.2, 0.25) is 6.36 Å². The molecule has 0 aliphatic heterocycles. The Balaban J connectivity index is 2.85. The minimum Gasteiger partial charge on any atom is -0.461 e. The average molecular weight is 182 g/mol. The number of alkyl halides is 1. The molecule has 1 rings (SSSR count). The molecule has 0 aliphatic carbocycles. The fraction of sp³-hybridized carbons (Fsp3) is 0.300. The molecule has 0 saturated carbocycles. The van der Waals surface area contributed by atoms with E-state index < -0.39 is 6.36 Å². The highest BCUT2D eigenvalue weighted by Crippen LogP contribution is 2.15. The monoisotopic (exact) mass is 182 g/mol. The molecule has 0 saturated heterocycles. The average Bonchev–Trinajstić information content (AvgIpc) is 2.03. The van der Waals surface area contributed by atoms with Gasteiger partial charge in [0, 0.05) is 12.5 Å². The molecule has 2 nitrogen and oxygen atoms in total. The van der Waals surface area contributed by atoms with Gasteiger partial charge in [-0.3, -0.25) is 4.79 Å². The van der Waals surface area contributed by atoms with E-state index in [1.54, 1.807) is 18.2 Å². The van der Waals surface area contributed by atoms with Crippen LogP contribution in [0.25, 0.3) is 0 Å². The second kappa shape index (κ2) is 4.03. The van der Waals surface area contributed by atoms with Crippen molar-refractivity contribution < 1.29 is 13.9 Å². The number of rotatable bonds is 3. The number of ether oxygens (including phenoxy) is 1. The highest BCUT2D eigenvalue weighted by molar-refractivity contribution is 5.94. The largest absolute Gasteiger partial charge is 0.461 e. The Morgan fingerprint density at radius 2 is 2.23 bits per heavy atom.